The smallest absolute Gasteiger partial charge is 0.138 e. The Balaban J connectivity index is 1.11. The second-order valence-electron chi connectivity index (χ2n) is 14.7. The summed E-state index contributed by atoms with van der Waals surface area (Å²) in [4.78, 5) is 9.65. The van der Waals surface area contributed by atoms with E-state index in [1.807, 2.05) is 30.6 Å². The van der Waals surface area contributed by atoms with Crippen molar-refractivity contribution in [3.63, 3.8) is 0 Å². The van der Waals surface area contributed by atoms with E-state index in [0.29, 0.717) is 0 Å². The molecule has 0 aliphatic carbocycles. The minimum Gasteiger partial charge on any atom is -0.309 e. The Bertz CT molecular complexity index is 3240. The van der Waals surface area contributed by atoms with Gasteiger partial charge in [0.05, 0.1) is 38.8 Å². The number of aromatic nitrogens is 5. The Morgan fingerprint density at radius 1 is 0.281 bits per heavy atom. The topological polar surface area (TPSA) is 40.6 Å². The lowest BCUT2D eigenvalue weighted by Gasteiger charge is -2.13. The molecule has 0 saturated heterocycles. The van der Waals surface area contributed by atoms with Crippen molar-refractivity contribution in [1.29, 1.82) is 0 Å². The molecule has 0 radical (unpaired) electrons. The van der Waals surface area contributed by atoms with Crippen molar-refractivity contribution in [3.05, 3.63) is 200 Å². The van der Waals surface area contributed by atoms with Crippen molar-refractivity contribution in [2.75, 3.05) is 0 Å². The van der Waals surface area contributed by atoms with E-state index in [9.17, 15) is 0 Å². The quantitative estimate of drug-likeness (QED) is 0.177. The van der Waals surface area contributed by atoms with Crippen molar-refractivity contribution in [3.8, 4) is 39.6 Å². The molecule has 5 nitrogen and oxygen atoms in total. The summed E-state index contributed by atoms with van der Waals surface area (Å²) in [5.41, 5.74) is 13.4. The van der Waals surface area contributed by atoms with Crippen LogP contribution in [0.3, 0.4) is 0 Å². The zero-order valence-corrected chi connectivity index (χ0v) is 30.8. The van der Waals surface area contributed by atoms with E-state index >= 15 is 0 Å². The van der Waals surface area contributed by atoms with Crippen LogP contribution in [-0.4, -0.2) is 23.7 Å². The molecule has 0 spiro atoms. The summed E-state index contributed by atoms with van der Waals surface area (Å²) >= 11 is 0. The lowest BCUT2D eigenvalue weighted by atomic mass is 10.0. The fraction of sp³-hybridized carbons (Fsp3) is 0. The summed E-state index contributed by atoms with van der Waals surface area (Å²) in [6, 6.07) is 67.5. The van der Waals surface area contributed by atoms with Gasteiger partial charge >= 0.3 is 0 Å². The highest BCUT2D eigenvalue weighted by Gasteiger charge is 2.19. The largest absolute Gasteiger partial charge is 0.309 e. The van der Waals surface area contributed by atoms with Crippen LogP contribution in [0.15, 0.2) is 200 Å². The number of benzene rings is 7. The number of para-hydroxylation sites is 4. The van der Waals surface area contributed by atoms with Gasteiger partial charge in [0.25, 0.3) is 0 Å². The third-order valence-electron chi connectivity index (χ3n) is 11.6. The van der Waals surface area contributed by atoms with Crippen LogP contribution in [0.2, 0.25) is 0 Å². The first-order chi connectivity index (χ1) is 28.3. The van der Waals surface area contributed by atoms with Crippen molar-refractivity contribution in [1.82, 2.24) is 23.7 Å². The second kappa shape index (κ2) is 12.4. The first-order valence-electron chi connectivity index (χ1n) is 19.3. The maximum Gasteiger partial charge on any atom is 0.138 e. The van der Waals surface area contributed by atoms with Gasteiger partial charge in [-0.3, -0.25) is 9.55 Å². The molecule has 57 heavy (non-hydrogen) atoms. The minimum absolute atomic E-state index is 0.861. The van der Waals surface area contributed by atoms with Crippen LogP contribution in [0, 0.1) is 0 Å². The van der Waals surface area contributed by atoms with E-state index in [1.54, 1.807) is 0 Å². The summed E-state index contributed by atoms with van der Waals surface area (Å²) < 4.78 is 7.14. The van der Waals surface area contributed by atoms with E-state index in [-0.39, 0.29) is 0 Å². The van der Waals surface area contributed by atoms with Crippen LogP contribution >= 0.6 is 0 Å². The first kappa shape index (κ1) is 31.6. The van der Waals surface area contributed by atoms with Gasteiger partial charge in [0.2, 0.25) is 0 Å². The standard InChI is InChI=1S/C52H33N5/c1-5-16-46-39(11-1)40-12-2-6-17-47(40)55(46)37-24-26-43-44-27-25-38(56-48-18-7-3-13-41(48)42-14-4-8-19-49(42)56)33-51(44)57(50(43)32-37)52-31-36(28-30-54-52)34-20-22-35(23-21-34)45-15-9-10-29-53-45/h1-33H. The Morgan fingerprint density at radius 2 is 0.737 bits per heavy atom. The molecule has 0 aliphatic rings. The molecular formula is C52H33N5. The van der Waals surface area contributed by atoms with Gasteiger partial charge in [-0.05, 0) is 83.9 Å². The molecule has 0 atom stereocenters. The summed E-state index contributed by atoms with van der Waals surface area (Å²) in [5.74, 6) is 0.861. The predicted octanol–water partition coefficient (Wildman–Crippen LogP) is 13.1. The van der Waals surface area contributed by atoms with Crippen LogP contribution in [-0.2, 0) is 0 Å². The van der Waals surface area contributed by atoms with Crippen molar-refractivity contribution < 1.29 is 0 Å². The predicted molar refractivity (Wildman–Crippen MR) is 236 cm³/mol. The Kier molecular flexibility index (Phi) is 6.86. The average molecular weight is 728 g/mol. The molecule has 5 heteroatoms. The molecule has 0 unspecified atom stereocenters. The maximum atomic E-state index is 5.10. The zero-order chi connectivity index (χ0) is 37.5. The Morgan fingerprint density at radius 3 is 1.23 bits per heavy atom. The summed E-state index contributed by atoms with van der Waals surface area (Å²) in [6.07, 6.45) is 3.77. The molecule has 12 rings (SSSR count). The molecule has 0 aliphatic heterocycles. The van der Waals surface area contributed by atoms with Gasteiger partial charge < -0.3 is 9.13 Å². The molecule has 0 amide bonds. The number of nitrogens with zero attached hydrogens (tertiary/aromatic N) is 5. The SMILES string of the molecule is c1ccc(-c2ccc(-c3ccnc(-n4c5cc(-n6c7ccccc7c7ccccc76)ccc5c5ccc(-n6c7ccccc7c7ccccc76)cc54)c3)cc2)nc1. The summed E-state index contributed by atoms with van der Waals surface area (Å²) in [6.45, 7) is 0. The third-order valence-corrected chi connectivity index (χ3v) is 11.6. The molecule has 7 aromatic carbocycles. The van der Waals surface area contributed by atoms with Gasteiger partial charge in [-0.2, -0.15) is 0 Å². The number of hydrogen-bond donors (Lipinski definition) is 0. The average Bonchev–Trinajstić information content (AvgIpc) is 3.92. The third kappa shape index (κ3) is 4.82. The van der Waals surface area contributed by atoms with Gasteiger partial charge in [-0.1, -0.05) is 115 Å². The van der Waals surface area contributed by atoms with Crippen molar-refractivity contribution in [2.45, 2.75) is 0 Å². The fourth-order valence-corrected chi connectivity index (χ4v) is 9.01. The molecular weight excluding hydrogens is 695 g/mol. The van der Waals surface area contributed by atoms with Crippen LogP contribution in [0.1, 0.15) is 0 Å². The van der Waals surface area contributed by atoms with Crippen LogP contribution in [0.5, 0.6) is 0 Å². The summed E-state index contributed by atoms with van der Waals surface area (Å²) in [7, 11) is 0. The molecule has 0 N–H and O–H groups in total. The highest BCUT2D eigenvalue weighted by Crippen LogP contribution is 2.39. The van der Waals surface area contributed by atoms with E-state index in [2.05, 4.69) is 189 Å². The van der Waals surface area contributed by atoms with Crippen LogP contribution in [0.25, 0.3) is 105 Å². The van der Waals surface area contributed by atoms with Crippen molar-refractivity contribution in [2.24, 2.45) is 0 Å². The first-order valence-corrected chi connectivity index (χ1v) is 19.3. The fourth-order valence-electron chi connectivity index (χ4n) is 9.01. The Hall–Kier alpha value is -7.76. The number of hydrogen-bond acceptors (Lipinski definition) is 2. The van der Waals surface area contributed by atoms with Gasteiger partial charge in [-0.25, -0.2) is 4.98 Å². The highest BCUT2D eigenvalue weighted by atomic mass is 15.1. The molecule has 0 saturated carbocycles. The van der Waals surface area contributed by atoms with E-state index in [1.165, 1.54) is 54.4 Å². The molecule has 5 heterocycles. The van der Waals surface area contributed by atoms with E-state index < -0.39 is 0 Å². The maximum absolute atomic E-state index is 5.10. The molecule has 0 fully saturated rings. The van der Waals surface area contributed by atoms with Gasteiger partial charge in [0, 0.05) is 61.6 Å². The number of pyridine rings is 2. The van der Waals surface area contributed by atoms with Crippen molar-refractivity contribution >= 4 is 65.4 Å². The molecule has 266 valence electrons. The van der Waals surface area contributed by atoms with Crippen LogP contribution in [0.4, 0.5) is 0 Å². The van der Waals surface area contributed by atoms with Gasteiger partial charge in [0.1, 0.15) is 5.82 Å². The van der Waals surface area contributed by atoms with Gasteiger partial charge in [-0.15, -0.1) is 0 Å². The zero-order valence-electron chi connectivity index (χ0n) is 30.8. The van der Waals surface area contributed by atoms with E-state index in [4.69, 9.17) is 4.98 Å². The normalized spacial score (nSPS) is 11.9. The lowest BCUT2D eigenvalue weighted by Crippen LogP contribution is -2.00. The van der Waals surface area contributed by atoms with Gasteiger partial charge in [0.15, 0.2) is 0 Å². The Labute approximate surface area is 328 Å². The van der Waals surface area contributed by atoms with Crippen LogP contribution < -0.4 is 0 Å². The summed E-state index contributed by atoms with van der Waals surface area (Å²) in [5, 5.41) is 7.33. The molecule has 0 bridgehead atoms. The monoisotopic (exact) mass is 727 g/mol. The molecule has 5 aromatic heterocycles. The number of fused-ring (bicyclic) bond motifs is 9. The van der Waals surface area contributed by atoms with E-state index in [0.717, 1.165) is 50.6 Å². The molecule has 12 aromatic rings. The number of rotatable bonds is 5. The second-order valence-corrected chi connectivity index (χ2v) is 14.7. The lowest BCUT2D eigenvalue weighted by molar-refractivity contribution is 1.07. The highest BCUT2D eigenvalue weighted by molar-refractivity contribution is 6.13. The minimum atomic E-state index is 0.861.